The van der Waals surface area contributed by atoms with Gasteiger partial charge >= 0.3 is 0 Å². The second-order valence-corrected chi connectivity index (χ2v) is 7.27. The van der Waals surface area contributed by atoms with Crippen LogP contribution in [0.25, 0.3) is 5.69 Å². The van der Waals surface area contributed by atoms with Crippen LogP contribution in [0.3, 0.4) is 0 Å². The van der Waals surface area contributed by atoms with Gasteiger partial charge < -0.3 is 14.9 Å². The molecule has 0 spiro atoms. The Hall–Kier alpha value is -2.76. The van der Waals surface area contributed by atoms with E-state index in [0.717, 1.165) is 18.2 Å². The molecule has 0 fully saturated rings. The van der Waals surface area contributed by atoms with Crippen LogP contribution in [-0.4, -0.2) is 26.4 Å². The Bertz CT molecular complexity index is 1180. The minimum atomic E-state index is -1.50. The van der Waals surface area contributed by atoms with Crippen molar-refractivity contribution < 1.29 is 32.5 Å². The lowest BCUT2D eigenvalue weighted by molar-refractivity contribution is 0.0951. The monoisotopic (exact) mass is 502 g/mol. The van der Waals surface area contributed by atoms with Gasteiger partial charge in [0.15, 0.2) is 11.6 Å². The number of hydrogen-bond acceptors (Lipinski definition) is 5. The van der Waals surface area contributed by atoms with Crippen molar-refractivity contribution in [2.75, 3.05) is 6.61 Å². The van der Waals surface area contributed by atoms with Gasteiger partial charge in [-0.25, -0.2) is 17.6 Å². The summed E-state index contributed by atoms with van der Waals surface area (Å²) in [5.74, 6) is -4.34. The Kier molecular flexibility index (Phi) is 6.77. The lowest BCUT2D eigenvalue weighted by Crippen LogP contribution is -2.26. The van der Waals surface area contributed by atoms with Crippen molar-refractivity contribution in [1.29, 1.82) is 0 Å². The van der Waals surface area contributed by atoms with Crippen molar-refractivity contribution in [3.05, 3.63) is 85.4 Å². The number of aryl methyl sites for hydroxylation is 1. The second kappa shape index (κ2) is 9.16. The topological polar surface area (TPSA) is 84.6 Å². The number of nitrogens with zero attached hydrogens (tertiary/aromatic N) is 2. The summed E-state index contributed by atoms with van der Waals surface area (Å²) in [7, 11) is 0. The van der Waals surface area contributed by atoms with E-state index >= 15 is 0 Å². The highest BCUT2D eigenvalue weighted by Gasteiger charge is 2.22. The number of hydrogen-bond donors (Lipinski definition) is 2. The zero-order valence-corrected chi connectivity index (χ0v) is 17.5. The van der Waals surface area contributed by atoms with E-state index in [1.165, 1.54) is 13.0 Å². The Balaban J connectivity index is 2.00. The number of aliphatic hydroxyl groups is 2. The van der Waals surface area contributed by atoms with Gasteiger partial charge in [-0.05, 0) is 52.7 Å². The fraction of sp³-hybridized carbons (Fsp3) is 0.200. The van der Waals surface area contributed by atoms with E-state index in [4.69, 9.17) is 9.84 Å². The lowest BCUT2D eigenvalue weighted by Gasteiger charge is -2.16. The predicted octanol–water partition coefficient (Wildman–Crippen LogP) is 3.46. The summed E-state index contributed by atoms with van der Waals surface area (Å²) in [6.07, 6.45) is -1.50. The van der Waals surface area contributed by atoms with Gasteiger partial charge in [-0.3, -0.25) is 9.36 Å². The quantitative estimate of drug-likeness (QED) is 0.504. The minimum absolute atomic E-state index is 0.00653. The van der Waals surface area contributed by atoms with Crippen LogP contribution in [0.5, 0.6) is 5.88 Å². The lowest BCUT2D eigenvalue weighted by atomic mass is 10.1. The van der Waals surface area contributed by atoms with Crippen LogP contribution >= 0.6 is 15.9 Å². The number of aliphatic hydroxyl groups excluding tert-OH is 2. The van der Waals surface area contributed by atoms with Crippen LogP contribution in [0.15, 0.2) is 39.6 Å². The molecule has 0 bridgehead atoms. The summed E-state index contributed by atoms with van der Waals surface area (Å²) in [5.41, 5.74) is -1.84. The van der Waals surface area contributed by atoms with Crippen molar-refractivity contribution in [2.45, 2.75) is 19.6 Å². The average Bonchev–Trinajstić information content (AvgIpc) is 2.71. The largest absolute Gasteiger partial charge is 0.472 e. The van der Waals surface area contributed by atoms with Gasteiger partial charge in [-0.2, -0.15) is 4.98 Å². The van der Waals surface area contributed by atoms with Crippen molar-refractivity contribution in [3.8, 4) is 11.6 Å². The van der Waals surface area contributed by atoms with Crippen LogP contribution in [0.1, 0.15) is 23.1 Å². The maximum Gasteiger partial charge on any atom is 0.276 e. The molecule has 0 saturated heterocycles. The van der Waals surface area contributed by atoms with Crippen LogP contribution in [0.4, 0.5) is 17.6 Å². The van der Waals surface area contributed by atoms with E-state index in [1.807, 2.05) is 0 Å². The van der Waals surface area contributed by atoms with E-state index in [-0.39, 0.29) is 33.9 Å². The maximum absolute atomic E-state index is 14.6. The molecule has 0 radical (unpaired) electrons. The fourth-order valence-corrected chi connectivity index (χ4v) is 3.20. The average molecular weight is 503 g/mol. The SMILES string of the molecule is Cc1nc(OCc2ccc(F)cc2F)c(Br)c(=O)n1-c1c(F)cc(C(O)CO)cc1F. The van der Waals surface area contributed by atoms with Gasteiger partial charge in [0.2, 0.25) is 5.88 Å². The van der Waals surface area contributed by atoms with Crippen LogP contribution in [0.2, 0.25) is 0 Å². The smallest absolute Gasteiger partial charge is 0.276 e. The summed E-state index contributed by atoms with van der Waals surface area (Å²) in [4.78, 5) is 16.8. The number of aromatic nitrogens is 2. The first-order valence-corrected chi connectivity index (χ1v) is 9.57. The molecule has 0 aliphatic heterocycles. The fourth-order valence-electron chi connectivity index (χ4n) is 2.82. The normalized spacial score (nSPS) is 12.1. The van der Waals surface area contributed by atoms with Crippen LogP contribution in [-0.2, 0) is 6.61 Å². The number of benzene rings is 2. The summed E-state index contributed by atoms with van der Waals surface area (Å²) < 4.78 is 61.7. The number of ether oxygens (including phenoxy) is 1. The Morgan fingerprint density at radius 2 is 1.77 bits per heavy atom. The predicted molar refractivity (Wildman–Crippen MR) is 105 cm³/mol. The van der Waals surface area contributed by atoms with Gasteiger partial charge in [0.1, 0.15) is 40.3 Å². The number of rotatable bonds is 6. The molecule has 3 rings (SSSR count). The van der Waals surface area contributed by atoms with E-state index in [2.05, 4.69) is 20.9 Å². The molecular weight excluding hydrogens is 488 g/mol. The molecule has 0 saturated carbocycles. The Labute approximate surface area is 181 Å². The van der Waals surface area contributed by atoms with Crippen LogP contribution in [0, 0.1) is 30.2 Å². The molecule has 11 heteroatoms. The molecule has 2 aromatic carbocycles. The molecule has 1 aromatic heterocycles. The van der Waals surface area contributed by atoms with Crippen molar-refractivity contribution in [2.24, 2.45) is 0 Å². The Morgan fingerprint density at radius 3 is 2.35 bits per heavy atom. The third kappa shape index (κ3) is 4.63. The molecule has 1 unspecified atom stereocenters. The molecule has 164 valence electrons. The molecule has 2 N–H and O–H groups in total. The molecule has 0 amide bonds. The molecule has 0 aliphatic rings. The van der Waals surface area contributed by atoms with Gasteiger partial charge in [0.05, 0.1) is 6.61 Å². The van der Waals surface area contributed by atoms with Gasteiger partial charge in [-0.1, -0.05) is 0 Å². The van der Waals surface area contributed by atoms with Crippen molar-refractivity contribution in [1.82, 2.24) is 9.55 Å². The summed E-state index contributed by atoms with van der Waals surface area (Å²) in [6, 6.07) is 4.46. The van der Waals surface area contributed by atoms with Crippen molar-refractivity contribution >= 4 is 15.9 Å². The van der Waals surface area contributed by atoms with Crippen molar-refractivity contribution in [3.63, 3.8) is 0 Å². The third-order valence-electron chi connectivity index (χ3n) is 4.37. The molecule has 3 aromatic rings. The maximum atomic E-state index is 14.6. The second-order valence-electron chi connectivity index (χ2n) is 6.47. The molecule has 1 atom stereocenters. The van der Waals surface area contributed by atoms with Gasteiger partial charge in [0.25, 0.3) is 5.56 Å². The highest BCUT2D eigenvalue weighted by atomic mass is 79.9. The van der Waals surface area contributed by atoms with E-state index in [1.54, 1.807) is 0 Å². The number of halogens is 5. The summed E-state index contributed by atoms with van der Waals surface area (Å²) >= 11 is 2.97. The van der Waals surface area contributed by atoms with Gasteiger partial charge in [-0.15, -0.1) is 0 Å². The van der Waals surface area contributed by atoms with E-state index in [0.29, 0.717) is 10.6 Å². The first kappa shape index (κ1) is 22.9. The summed E-state index contributed by atoms with van der Waals surface area (Å²) in [5, 5.41) is 18.5. The summed E-state index contributed by atoms with van der Waals surface area (Å²) in [6.45, 7) is 0.177. The zero-order chi connectivity index (χ0) is 22.9. The zero-order valence-electron chi connectivity index (χ0n) is 15.9. The highest BCUT2D eigenvalue weighted by molar-refractivity contribution is 9.10. The standard InChI is InChI=1S/C20H15BrF4N2O4/c1-9-26-19(31-8-10-2-3-12(22)6-13(10)23)17(21)20(30)27(9)18-14(24)4-11(5-15(18)25)16(29)7-28/h2-6,16,28-29H,7-8H2,1H3. The van der Waals surface area contributed by atoms with E-state index < -0.39 is 47.2 Å². The highest BCUT2D eigenvalue weighted by Crippen LogP contribution is 2.26. The van der Waals surface area contributed by atoms with Crippen LogP contribution < -0.4 is 10.3 Å². The first-order chi connectivity index (χ1) is 14.6. The third-order valence-corrected chi connectivity index (χ3v) is 5.04. The molecule has 6 nitrogen and oxygen atoms in total. The van der Waals surface area contributed by atoms with E-state index in [9.17, 15) is 27.5 Å². The van der Waals surface area contributed by atoms with Gasteiger partial charge in [0, 0.05) is 11.6 Å². The first-order valence-electron chi connectivity index (χ1n) is 8.78. The minimum Gasteiger partial charge on any atom is -0.472 e. The molecular formula is C20H15BrF4N2O4. The molecule has 0 aliphatic carbocycles. The molecule has 1 heterocycles. The Morgan fingerprint density at radius 1 is 1.13 bits per heavy atom. The molecule has 31 heavy (non-hydrogen) atoms.